The summed E-state index contributed by atoms with van der Waals surface area (Å²) in [7, 11) is 0. The van der Waals surface area contributed by atoms with E-state index in [0.717, 1.165) is 48.1 Å². The summed E-state index contributed by atoms with van der Waals surface area (Å²) in [5.41, 5.74) is 1.65. The fourth-order valence-corrected chi connectivity index (χ4v) is 8.74. The molecule has 4 fully saturated rings. The fourth-order valence-electron chi connectivity index (χ4n) is 8.74. The van der Waals surface area contributed by atoms with Crippen molar-refractivity contribution >= 4 is 6.21 Å². The summed E-state index contributed by atoms with van der Waals surface area (Å²) in [6.45, 7) is 7.46. The molecule has 0 amide bonds. The van der Waals surface area contributed by atoms with E-state index >= 15 is 0 Å². The van der Waals surface area contributed by atoms with E-state index in [4.69, 9.17) is 0 Å². The Balaban J connectivity index is 1.35. The van der Waals surface area contributed by atoms with Gasteiger partial charge >= 0.3 is 0 Å². The minimum atomic E-state index is -0.719. The summed E-state index contributed by atoms with van der Waals surface area (Å²) in [5, 5.41) is 22.0. The lowest BCUT2D eigenvalue weighted by Gasteiger charge is -2.61. The normalized spacial score (nSPS) is 44.6. The van der Waals surface area contributed by atoms with Gasteiger partial charge in [0.2, 0.25) is 0 Å². The maximum atomic E-state index is 11.9. The number of hydrogen-bond acceptors (Lipinski definition) is 3. The molecule has 0 bridgehead atoms. The van der Waals surface area contributed by atoms with E-state index in [0.29, 0.717) is 17.9 Å². The van der Waals surface area contributed by atoms with Crippen LogP contribution in [0.5, 0.6) is 5.75 Å². The Morgan fingerprint density at radius 1 is 1.00 bits per heavy atom. The average molecular weight is 424 g/mol. The third-order valence-corrected chi connectivity index (χ3v) is 10.7. The first-order valence-corrected chi connectivity index (χ1v) is 12.8. The highest BCUT2D eigenvalue weighted by molar-refractivity contribution is 5.83. The molecule has 0 aromatic heterocycles. The molecule has 31 heavy (non-hydrogen) atoms. The molecule has 7 atom stereocenters. The number of phenolic OH excluding ortho intramolecular Hbond substituents is 1. The van der Waals surface area contributed by atoms with E-state index in [1.54, 1.807) is 12.3 Å². The number of rotatable bonds is 3. The van der Waals surface area contributed by atoms with Crippen LogP contribution in [0.15, 0.2) is 23.2 Å². The van der Waals surface area contributed by atoms with Crippen LogP contribution < -0.4 is 0 Å². The van der Waals surface area contributed by atoms with Crippen LogP contribution in [-0.2, 0) is 0 Å². The lowest BCUT2D eigenvalue weighted by atomic mass is 9.44. The molecular formula is C28H41NO2. The molecule has 0 aliphatic heterocycles. The Morgan fingerprint density at radius 2 is 1.81 bits per heavy atom. The second-order valence-corrected chi connectivity index (χ2v) is 12.0. The zero-order chi connectivity index (χ0) is 21.9. The van der Waals surface area contributed by atoms with Gasteiger partial charge in [-0.15, -0.1) is 0 Å². The van der Waals surface area contributed by atoms with Crippen LogP contribution in [0.2, 0.25) is 0 Å². The first-order chi connectivity index (χ1) is 14.8. The molecule has 4 aliphatic rings. The largest absolute Gasteiger partial charge is 0.507 e. The third-order valence-electron chi connectivity index (χ3n) is 10.7. The fraction of sp³-hybridized carbons (Fsp3) is 0.750. The Kier molecular flexibility index (Phi) is 5.28. The Labute approximate surface area is 188 Å². The number of phenols is 1. The predicted octanol–water partition coefficient (Wildman–Crippen LogP) is 6.28. The van der Waals surface area contributed by atoms with E-state index in [1.165, 1.54) is 44.9 Å². The quantitative estimate of drug-likeness (QED) is 0.562. The number of benzene rings is 1. The van der Waals surface area contributed by atoms with E-state index in [2.05, 4.69) is 18.8 Å². The molecule has 0 heterocycles. The summed E-state index contributed by atoms with van der Waals surface area (Å²) >= 11 is 0. The number of nitrogens with zero attached hydrogens (tertiary/aromatic N) is 1. The van der Waals surface area contributed by atoms with Crippen molar-refractivity contribution in [1.29, 1.82) is 0 Å². The summed E-state index contributed by atoms with van der Waals surface area (Å²) in [6.07, 6.45) is 14.7. The smallest absolute Gasteiger partial charge is 0.124 e. The third kappa shape index (κ3) is 3.29. The summed E-state index contributed by atoms with van der Waals surface area (Å²) < 4.78 is 0. The van der Waals surface area contributed by atoms with Crippen molar-refractivity contribution in [2.24, 2.45) is 39.5 Å². The Bertz CT molecular complexity index is 865. The van der Waals surface area contributed by atoms with Crippen LogP contribution in [0.4, 0.5) is 0 Å². The van der Waals surface area contributed by atoms with Crippen molar-refractivity contribution in [1.82, 2.24) is 0 Å². The molecule has 4 aliphatic carbocycles. The maximum Gasteiger partial charge on any atom is 0.124 e. The highest BCUT2D eigenvalue weighted by Gasteiger charge is 2.64. The number of aliphatic hydroxyl groups is 1. The zero-order valence-electron chi connectivity index (χ0n) is 19.7. The van der Waals surface area contributed by atoms with Gasteiger partial charge in [0, 0.05) is 17.2 Å². The highest BCUT2D eigenvalue weighted by Crippen LogP contribution is 2.68. The lowest BCUT2D eigenvalue weighted by molar-refractivity contribution is -0.147. The van der Waals surface area contributed by atoms with Gasteiger partial charge < -0.3 is 10.2 Å². The summed E-state index contributed by atoms with van der Waals surface area (Å²) in [4.78, 5) is 4.68. The van der Waals surface area contributed by atoms with Gasteiger partial charge in [-0.25, -0.2) is 0 Å². The standard InChI is InChI=1S/C28H41NO2/c1-19-7-10-25(30)20(16-19)17-29-18-28(31)15-12-24-22-9-8-21-6-4-5-13-26(21,2)23(22)11-14-27(24,28)3/h7,10,16-17,21-24,30-31H,4-6,8-9,11-15,18H2,1-3H3. The van der Waals surface area contributed by atoms with Gasteiger partial charge in [0.25, 0.3) is 0 Å². The molecular weight excluding hydrogens is 382 g/mol. The van der Waals surface area contributed by atoms with E-state index < -0.39 is 5.60 Å². The van der Waals surface area contributed by atoms with Crippen LogP contribution in [0, 0.1) is 41.4 Å². The number of aliphatic imine (C=N–C) groups is 1. The van der Waals surface area contributed by atoms with E-state index in [-0.39, 0.29) is 11.2 Å². The van der Waals surface area contributed by atoms with Crippen molar-refractivity contribution in [3.8, 4) is 5.75 Å². The molecule has 3 nitrogen and oxygen atoms in total. The van der Waals surface area contributed by atoms with Gasteiger partial charge in [0.05, 0.1) is 12.1 Å². The van der Waals surface area contributed by atoms with Crippen molar-refractivity contribution in [3.63, 3.8) is 0 Å². The summed E-state index contributed by atoms with van der Waals surface area (Å²) in [5.74, 6) is 3.49. The van der Waals surface area contributed by atoms with Crippen LogP contribution in [0.25, 0.3) is 0 Å². The molecule has 1 aromatic carbocycles. The van der Waals surface area contributed by atoms with Gasteiger partial charge in [-0.05, 0) is 99.5 Å². The molecule has 3 heteroatoms. The molecule has 0 saturated heterocycles. The monoisotopic (exact) mass is 423 g/mol. The molecule has 4 saturated carbocycles. The Hall–Kier alpha value is -1.35. The summed E-state index contributed by atoms with van der Waals surface area (Å²) in [6, 6.07) is 5.58. The molecule has 7 unspecified atom stereocenters. The Morgan fingerprint density at radius 3 is 2.65 bits per heavy atom. The SMILES string of the molecule is Cc1ccc(O)c(C=NCC2(O)CCC3C4CCC5CCCCC5(C)C4CCC32C)c1. The van der Waals surface area contributed by atoms with Crippen LogP contribution in [0.1, 0.15) is 89.2 Å². The molecule has 2 N–H and O–H groups in total. The van der Waals surface area contributed by atoms with Crippen molar-refractivity contribution < 1.29 is 10.2 Å². The van der Waals surface area contributed by atoms with Gasteiger partial charge in [-0.1, -0.05) is 38.3 Å². The van der Waals surface area contributed by atoms with E-state index in [1.807, 2.05) is 19.1 Å². The van der Waals surface area contributed by atoms with Crippen LogP contribution >= 0.6 is 0 Å². The van der Waals surface area contributed by atoms with Crippen molar-refractivity contribution in [3.05, 3.63) is 29.3 Å². The molecule has 170 valence electrons. The maximum absolute atomic E-state index is 11.9. The zero-order valence-corrected chi connectivity index (χ0v) is 19.7. The number of hydrogen-bond donors (Lipinski definition) is 2. The van der Waals surface area contributed by atoms with Gasteiger partial charge in [-0.3, -0.25) is 4.99 Å². The first-order valence-electron chi connectivity index (χ1n) is 12.8. The molecule has 0 radical (unpaired) electrons. The predicted molar refractivity (Wildman–Crippen MR) is 127 cm³/mol. The highest BCUT2D eigenvalue weighted by atomic mass is 16.3. The van der Waals surface area contributed by atoms with Gasteiger partial charge in [0.15, 0.2) is 0 Å². The van der Waals surface area contributed by atoms with E-state index in [9.17, 15) is 10.2 Å². The number of aromatic hydroxyl groups is 1. The number of aryl methyl sites for hydroxylation is 1. The van der Waals surface area contributed by atoms with Crippen LogP contribution in [0.3, 0.4) is 0 Å². The topological polar surface area (TPSA) is 52.8 Å². The average Bonchev–Trinajstić information content (AvgIpc) is 3.01. The molecule has 5 rings (SSSR count). The van der Waals surface area contributed by atoms with Crippen molar-refractivity contribution in [2.45, 2.75) is 90.6 Å². The van der Waals surface area contributed by atoms with Gasteiger partial charge in [-0.2, -0.15) is 0 Å². The molecule has 0 spiro atoms. The minimum absolute atomic E-state index is 0.0297. The lowest BCUT2D eigenvalue weighted by Crippen LogP contribution is -2.56. The molecule has 1 aromatic rings. The second kappa shape index (κ2) is 7.61. The van der Waals surface area contributed by atoms with Crippen LogP contribution in [-0.4, -0.2) is 28.6 Å². The second-order valence-electron chi connectivity index (χ2n) is 12.0. The minimum Gasteiger partial charge on any atom is -0.507 e. The number of fused-ring (bicyclic) bond motifs is 5. The first kappa shape index (κ1) is 21.5. The van der Waals surface area contributed by atoms with Crippen molar-refractivity contribution in [2.75, 3.05) is 6.54 Å². The van der Waals surface area contributed by atoms with Gasteiger partial charge in [0.1, 0.15) is 5.75 Å².